The van der Waals surface area contributed by atoms with E-state index in [1.807, 2.05) is 67.4 Å². The van der Waals surface area contributed by atoms with Gasteiger partial charge in [-0.25, -0.2) is 4.79 Å². The fourth-order valence-electron chi connectivity index (χ4n) is 4.97. The maximum absolute atomic E-state index is 12.9. The molecule has 4 rings (SSSR count). The number of aromatic nitrogens is 1. The first-order valence-corrected chi connectivity index (χ1v) is 13.2. The van der Waals surface area contributed by atoms with Crippen molar-refractivity contribution >= 4 is 17.7 Å². The van der Waals surface area contributed by atoms with Crippen molar-refractivity contribution in [2.45, 2.75) is 26.4 Å². The SMILES string of the molecule is CCN(CC)C(=O)c1ccc([C@@H](c2cccc(NC(=O)OC)c2)N2CCN(Cc3ccccn3)CC2)cc1. The van der Waals surface area contributed by atoms with Crippen molar-refractivity contribution in [3.05, 3.63) is 95.3 Å². The minimum atomic E-state index is -0.499. The van der Waals surface area contributed by atoms with Crippen LogP contribution in [0.4, 0.5) is 10.5 Å². The Morgan fingerprint density at radius 3 is 2.32 bits per heavy atom. The van der Waals surface area contributed by atoms with E-state index in [2.05, 4.69) is 44.4 Å². The highest BCUT2D eigenvalue weighted by atomic mass is 16.5. The summed E-state index contributed by atoms with van der Waals surface area (Å²) in [5, 5.41) is 2.78. The number of hydrogen-bond donors (Lipinski definition) is 1. The molecule has 1 aliphatic heterocycles. The number of rotatable bonds is 9. The van der Waals surface area contributed by atoms with Crippen LogP contribution >= 0.6 is 0 Å². The van der Waals surface area contributed by atoms with Crippen LogP contribution in [0.3, 0.4) is 0 Å². The van der Waals surface area contributed by atoms with Crippen LogP contribution in [0.1, 0.15) is 47.1 Å². The summed E-state index contributed by atoms with van der Waals surface area (Å²) >= 11 is 0. The Morgan fingerprint density at radius 2 is 1.68 bits per heavy atom. The lowest BCUT2D eigenvalue weighted by Crippen LogP contribution is -2.47. The van der Waals surface area contributed by atoms with Crippen molar-refractivity contribution in [2.24, 2.45) is 0 Å². The number of hydrogen-bond acceptors (Lipinski definition) is 6. The first-order chi connectivity index (χ1) is 18.5. The van der Waals surface area contributed by atoms with Crippen LogP contribution < -0.4 is 5.32 Å². The number of carbonyl (C=O) groups excluding carboxylic acids is 2. The second kappa shape index (κ2) is 13.2. The molecule has 0 saturated carbocycles. The van der Waals surface area contributed by atoms with Crippen molar-refractivity contribution in [1.82, 2.24) is 19.7 Å². The molecule has 1 N–H and O–H groups in total. The van der Waals surface area contributed by atoms with Gasteiger partial charge in [-0.1, -0.05) is 30.3 Å². The molecule has 1 aromatic heterocycles. The second-order valence-electron chi connectivity index (χ2n) is 9.38. The Morgan fingerprint density at radius 1 is 0.947 bits per heavy atom. The lowest BCUT2D eigenvalue weighted by Gasteiger charge is -2.39. The number of nitrogens with one attached hydrogen (secondary N) is 1. The third-order valence-corrected chi connectivity index (χ3v) is 7.04. The highest BCUT2D eigenvalue weighted by Crippen LogP contribution is 2.32. The van der Waals surface area contributed by atoms with Gasteiger partial charge in [0.05, 0.1) is 18.8 Å². The lowest BCUT2D eigenvalue weighted by molar-refractivity contribution is 0.0772. The molecular formula is C30H37N5O3. The Hall–Kier alpha value is -3.75. The summed E-state index contributed by atoms with van der Waals surface area (Å²) in [5.74, 6) is 0.0468. The highest BCUT2D eigenvalue weighted by molar-refractivity contribution is 5.94. The van der Waals surface area contributed by atoms with Gasteiger partial charge in [-0.05, 0) is 61.4 Å². The number of nitrogens with zero attached hydrogens (tertiary/aromatic N) is 4. The molecule has 8 heteroatoms. The Balaban J connectivity index is 1.58. The maximum Gasteiger partial charge on any atom is 0.411 e. The Kier molecular flexibility index (Phi) is 9.46. The molecular weight excluding hydrogens is 478 g/mol. The number of carbonyl (C=O) groups is 2. The zero-order valence-corrected chi connectivity index (χ0v) is 22.5. The van der Waals surface area contributed by atoms with Crippen LogP contribution in [-0.4, -0.2) is 78.1 Å². The highest BCUT2D eigenvalue weighted by Gasteiger charge is 2.27. The lowest BCUT2D eigenvalue weighted by atomic mass is 9.95. The molecule has 1 atom stereocenters. The Labute approximate surface area is 225 Å². The van der Waals surface area contributed by atoms with Gasteiger partial charge in [0.2, 0.25) is 0 Å². The molecule has 0 spiro atoms. The van der Waals surface area contributed by atoms with Gasteiger partial charge in [-0.15, -0.1) is 0 Å². The molecule has 1 fully saturated rings. The minimum absolute atomic E-state index is 0.0241. The molecule has 2 heterocycles. The van der Waals surface area contributed by atoms with Crippen molar-refractivity contribution in [3.8, 4) is 0 Å². The summed E-state index contributed by atoms with van der Waals surface area (Å²) in [4.78, 5) is 35.9. The number of methoxy groups -OCH3 is 1. The van der Waals surface area contributed by atoms with E-state index in [0.717, 1.165) is 49.5 Å². The van der Waals surface area contributed by atoms with Crippen molar-refractivity contribution in [3.63, 3.8) is 0 Å². The molecule has 200 valence electrons. The monoisotopic (exact) mass is 515 g/mol. The quantitative estimate of drug-likeness (QED) is 0.447. The van der Waals surface area contributed by atoms with Crippen LogP contribution in [0.25, 0.3) is 0 Å². The van der Waals surface area contributed by atoms with E-state index in [1.54, 1.807) is 0 Å². The van der Waals surface area contributed by atoms with Crippen LogP contribution in [0.2, 0.25) is 0 Å². The normalized spacial score (nSPS) is 15.0. The molecule has 2 aromatic carbocycles. The summed E-state index contributed by atoms with van der Waals surface area (Å²) in [6.07, 6.45) is 1.34. The zero-order chi connectivity index (χ0) is 26.9. The van der Waals surface area contributed by atoms with E-state index < -0.39 is 6.09 Å². The van der Waals surface area contributed by atoms with E-state index >= 15 is 0 Å². The molecule has 0 aliphatic carbocycles. The molecule has 0 bridgehead atoms. The predicted molar refractivity (Wildman–Crippen MR) is 149 cm³/mol. The van der Waals surface area contributed by atoms with Gasteiger partial charge < -0.3 is 9.64 Å². The van der Waals surface area contributed by atoms with Crippen LogP contribution in [-0.2, 0) is 11.3 Å². The fourth-order valence-corrected chi connectivity index (χ4v) is 4.97. The van der Waals surface area contributed by atoms with Gasteiger partial charge in [0.1, 0.15) is 0 Å². The van der Waals surface area contributed by atoms with E-state index in [9.17, 15) is 9.59 Å². The van der Waals surface area contributed by atoms with Crippen LogP contribution in [0, 0.1) is 0 Å². The second-order valence-corrected chi connectivity index (χ2v) is 9.38. The summed E-state index contributed by atoms with van der Waals surface area (Å²) in [6, 6.07) is 21.9. The third-order valence-electron chi connectivity index (χ3n) is 7.04. The number of ether oxygens (including phenoxy) is 1. The van der Waals surface area contributed by atoms with Crippen molar-refractivity contribution in [1.29, 1.82) is 0 Å². The average Bonchev–Trinajstić information content (AvgIpc) is 2.96. The topological polar surface area (TPSA) is 78.0 Å². The zero-order valence-electron chi connectivity index (χ0n) is 22.5. The van der Waals surface area contributed by atoms with Crippen LogP contribution in [0.5, 0.6) is 0 Å². The van der Waals surface area contributed by atoms with Gasteiger partial charge >= 0.3 is 6.09 Å². The summed E-state index contributed by atoms with van der Waals surface area (Å²) in [6.45, 7) is 9.80. The van der Waals surface area contributed by atoms with Gasteiger partial charge in [0.25, 0.3) is 5.91 Å². The van der Waals surface area contributed by atoms with Crippen LogP contribution in [0.15, 0.2) is 72.9 Å². The largest absolute Gasteiger partial charge is 0.453 e. The number of amides is 2. The summed E-state index contributed by atoms with van der Waals surface area (Å²) in [5.41, 5.74) is 4.63. The number of piperazine rings is 1. The molecule has 0 radical (unpaired) electrons. The molecule has 3 aromatic rings. The van der Waals surface area contributed by atoms with E-state index in [1.165, 1.54) is 7.11 Å². The third kappa shape index (κ3) is 6.76. The van der Waals surface area contributed by atoms with Gasteiger partial charge in [0, 0.05) is 63.3 Å². The smallest absolute Gasteiger partial charge is 0.411 e. The molecule has 0 unspecified atom stereocenters. The number of anilines is 1. The minimum Gasteiger partial charge on any atom is -0.453 e. The predicted octanol–water partition coefficient (Wildman–Crippen LogP) is 4.65. The molecule has 8 nitrogen and oxygen atoms in total. The maximum atomic E-state index is 12.9. The Bertz CT molecular complexity index is 1190. The molecule has 38 heavy (non-hydrogen) atoms. The molecule has 1 saturated heterocycles. The fraction of sp³-hybridized carbons (Fsp3) is 0.367. The molecule has 2 amide bonds. The first-order valence-electron chi connectivity index (χ1n) is 13.2. The van der Waals surface area contributed by atoms with Gasteiger partial charge in [-0.3, -0.25) is 24.9 Å². The summed E-state index contributed by atoms with van der Waals surface area (Å²) in [7, 11) is 1.35. The van der Waals surface area contributed by atoms with E-state index in [-0.39, 0.29) is 11.9 Å². The van der Waals surface area contributed by atoms with Gasteiger partial charge in [0.15, 0.2) is 0 Å². The van der Waals surface area contributed by atoms with E-state index in [0.29, 0.717) is 24.3 Å². The van der Waals surface area contributed by atoms with Crippen molar-refractivity contribution in [2.75, 3.05) is 51.7 Å². The molecule has 1 aliphatic rings. The standard InChI is InChI=1S/C30H37N5O3/c1-4-34(5-2)29(36)24-14-12-23(13-15-24)28(25-9-8-11-26(21-25)32-30(37)38-3)35-19-17-33(18-20-35)22-27-10-6-7-16-31-27/h6-16,21,28H,4-5,17-20,22H2,1-3H3,(H,32,37)/t28-/m0/s1. The van der Waals surface area contributed by atoms with Crippen molar-refractivity contribution < 1.29 is 14.3 Å². The number of pyridine rings is 1. The first kappa shape index (κ1) is 27.3. The average molecular weight is 516 g/mol. The summed E-state index contributed by atoms with van der Waals surface area (Å²) < 4.78 is 4.78. The number of benzene rings is 2. The van der Waals surface area contributed by atoms with E-state index in [4.69, 9.17) is 4.74 Å². The van der Waals surface area contributed by atoms with Gasteiger partial charge in [-0.2, -0.15) is 0 Å².